The molecule has 0 spiro atoms. The predicted molar refractivity (Wildman–Crippen MR) is 129 cm³/mol. The summed E-state index contributed by atoms with van der Waals surface area (Å²) in [5.41, 5.74) is 4.13. The van der Waals surface area contributed by atoms with Crippen LogP contribution in [0.3, 0.4) is 0 Å². The Kier molecular flexibility index (Phi) is 8.01. The van der Waals surface area contributed by atoms with Gasteiger partial charge < -0.3 is 10.4 Å². The van der Waals surface area contributed by atoms with Gasteiger partial charge in [0.1, 0.15) is 6.54 Å². The molecule has 3 N–H and O–H groups in total. The fourth-order valence-electron chi connectivity index (χ4n) is 3.59. The van der Waals surface area contributed by atoms with Crippen molar-refractivity contribution in [1.82, 2.24) is 15.5 Å². The quantitative estimate of drug-likeness (QED) is 0.534. The maximum absolute atomic E-state index is 12.9. The third-order valence-corrected chi connectivity index (χ3v) is 6.09. The van der Waals surface area contributed by atoms with E-state index in [4.69, 9.17) is 0 Å². The lowest BCUT2D eigenvalue weighted by molar-refractivity contribution is -0.139. The Morgan fingerprint density at radius 1 is 1.28 bits per heavy atom. The van der Waals surface area contributed by atoms with Gasteiger partial charge in [-0.1, -0.05) is 55.8 Å². The first-order chi connectivity index (χ1) is 15.3. The van der Waals surface area contributed by atoms with E-state index in [0.29, 0.717) is 12.1 Å². The maximum atomic E-state index is 12.9. The van der Waals surface area contributed by atoms with Crippen molar-refractivity contribution in [2.75, 3.05) is 6.54 Å². The molecule has 0 radical (unpaired) electrons. The molecule has 170 valence electrons. The minimum Gasteiger partial charge on any atom is -0.361 e. The Labute approximate surface area is 193 Å². The van der Waals surface area contributed by atoms with Gasteiger partial charge in [0.05, 0.1) is 6.04 Å². The summed E-state index contributed by atoms with van der Waals surface area (Å²) in [6, 6.07) is 9.83. The molecule has 1 aromatic carbocycles. The Morgan fingerprint density at radius 3 is 2.66 bits per heavy atom. The van der Waals surface area contributed by atoms with Gasteiger partial charge >= 0.3 is 0 Å². The van der Waals surface area contributed by atoms with Gasteiger partial charge in [0, 0.05) is 17.0 Å². The molecule has 2 aromatic rings. The number of allylic oxidation sites excluding steroid dienone is 3. The number of nitrogens with zero attached hydrogens (tertiary/aromatic N) is 1. The van der Waals surface area contributed by atoms with Crippen LogP contribution in [0.2, 0.25) is 0 Å². The van der Waals surface area contributed by atoms with E-state index in [1.54, 1.807) is 11.3 Å². The number of rotatable bonds is 8. The van der Waals surface area contributed by atoms with Crippen molar-refractivity contribution in [3.05, 3.63) is 70.1 Å². The monoisotopic (exact) mass is 453 g/mol. The van der Waals surface area contributed by atoms with Crippen molar-refractivity contribution in [3.63, 3.8) is 0 Å². The van der Waals surface area contributed by atoms with Crippen molar-refractivity contribution in [2.24, 2.45) is 5.92 Å². The Bertz CT molecular complexity index is 1010. The van der Waals surface area contributed by atoms with E-state index in [-0.39, 0.29) is 24.3 Å². The van der Waals surface area contributed by atoms with Crippen LogP contribution in [-0.4, -0.2) is 40.8 Å². The molecule has 1 aliphatic heterocycles. The minimum absolute atomic E-state index is 0.213. The van der Waals surface area contributed by atoms with Crippen molar-refractivity contribution in [3.8, 4) is 11.1 Å². The number of aliphatic hydroxyl groups excluding tert-OH is 1. The smallest absolute Gasteiger partial charge is 0.244 e. The summed E-state index contributed by atoms with van der Waals surface area (Å²) < 4.78 is 0. The fourth-order valence-corrected chi connectivity index (χ4v) is 4.53. The topological polar surface area (TPSA) is 81.7 Å². The molecule has 1 aromatic heterocycles. The molecule has 2 heterocycles. The Balaban J connectivity index is 1.61. The van der Waals surface area contributed by atoms with Crippen molar-refractivity contribution < 1.29 is 14.7 Å². The summed E-state index contributed by atoms with van der Waals surface area (Å²) in [6.45, 7) is 7.76. The highest BCUT2D eigenvalue weighted by Gasteiger charge is 2.39. The number of hydrogen-bond donors (Lipinski definition) is 3. The average Bonchev–Trinajstić information content (AvgIpc) is 3.29. The van der Waals surface area contributed by atoms with Crippen LogP contribution in [0.5, 0.6) is 0 Å². The van der Waals surface area contributed by atoms with Crippen LogP contribution in [0.1, 0.15) is 31.2 Å². The number of aliphatic hydroxyl groups is 1. The van der Waals surface area contributed by atoms with Crippen LogP contribution in [0.15, 0.2) is 59.6 Å². The van der Waals surface area contributed by atoms with Crippen LogP contribution in [0.4, 0.5) is 0 Å². The first-order valence-electron chi connectivity index (χ1n) is 10.8. The van der Waals surface area contributed by atoms with Crippen molar-refractivity contribution >= 4 is 23.2 Å². The van der Waals surface area contributed by atoms with Gasteiger partial charge in [-0.25, -0.2) is 0 Å². The molecular formula is C25H31N3O3S. The second-order valence-electron chi connectivity index (χ2n) is 8.35. The van der Waals surface area contributed by atoms with Crippen LogP contribution < -0.4 is 10.6 Å². The number of aryl methyl sites for hydroxylation is 1. The number of amides is 2. The molecule has 2 amide bonds. The summed E-state index contributed by atoms with van der Waals surface area (Å²) in [6.07, 6.45) is 4.86. The van der Waals surface area contributed by atoms with Crippen LogP contribution >= 0.6 is 11.3 Å². The van der Waals surface area contributed by atoms with Crippen molar-refractivity contribution in [2.45, 2.75) is 46.5 Å². The zero-order valence-corrected chi connectivity index (χ0v) is 19.8. The number of nitrogens with one attached hydrogen (secondary N) is 2. The number of carbonyl (C=O) groups is 2. The van der Waals surface area contributed by atoms with Crippen LogP contribution in [0.25, 0.3) is 11.1 Å². The van der Waals surface area contributed by atoms with Gasteiger partial charge in [0.2, 0.25) is 11.8 Å². The highest BCUT2D eigenvalue weighted by Crippen LogP contribution is 2.27. The summed E-state index contributed by atoms with van der Waals surface area (Å²) in [5, 5.41) is 18.1. The van der Waals surface area contributed by atoms with Gasteiger partial charge in [-0.15, -0.1) is 11.3 Å². The third-order valence-electron chi connectivity index (χ3n) is 5.13. The molecule has 3 rings (SSSR count). The van der Waals surface area contributed by atoms with E-state index in [0.717, 1.165) is 16.0 Å². The van der Waals surface area contributed by atoms with E-state index in [9.17, 15) is 14.7 Å². The van der Waals surface area contributed by atoms with Crippen LogP contribution in [-0.2, 0) is 16.0 Å². The fraction of sp³-hybridized carbons (Fsp3) is 0.360. The molecular weight excluding hydrogens is 422 g/mol. The zero-order valence-electron chi connectivity index (χ0n) is 19.0. The summed E-state index contributed by atoms with van der Waals surface area (Å²) in [7, 11) is 0. The molecule has 2 atom stereocenters. The minimum atomic E-state index is -1.19. The first kappa shape index (κ1) is 23.9. The number of carbonyl (C=O) groups excluding carboxylic acids is 2. The van der Waals surface area contributed by atoms with E-state index in [2.05, 4.69) is 53.3 Å². The standard InChI is InChI=1S/C25H31N3O3S/c1-5-6-20(11-16(2)3)26-23(29)14-28-24(30)22(27-25(28)31)13-21-12-19(15-32-21)18-9-7-17(4)8-10-18/h5-12,15-16,22,25,27,31H,13-14H2,1-4H3,(H,26,29). The lowest BCUT2D eigenvalue weighted by Gasteiger charge is -2.19. The first-order valence-corrected chi connectivity index (χ1v) is 11.7. The van der Waals surface area contributed by atoms with Gasteiger partial charge in [0.15, 0.2) is 6.35 Å². The number of benzene rings is 1. The Hall–Kier alpha value is -2.74. The molecule has 7 heteroatoms. The van der Waals surface area contributed by atoms with Crippen LogP contribution in [0, 0.1) is 12.8 Å². The molecule has 1 fully saturated rings. The summed E-state index contributed by atoms with van der Waals surface area (Å²) >= 11 is 1.59. The molecule has 2 unspecified atom stereocenters. The van der Waals surface area contributed by atoms with Crippen molar-refractivity contribution in [1.29, 1.82) is 0 Å². The molecule has 1 aliphatic rings. The van der Waals surface area contributed by atoms with E-state index in [1.165, 1.54) is 10.5 Å². The summed E-state index contributed by atoms with van der Waals surface area (Å²) in [4.78, 5) is 27.6. The van der Waals surface area contributed by atoms with Gasteiger partial charge in [0.25, 0.3) is 0 Å². The molecule has 0 saturated carbocycles. The summed E-state index contributed by atoms with van der Waals surface area (Å²) in [5.74, 6) is -0.358. The molecule has 0 aliphatic carbocycles. The lowest BCUT2D eigenvalue weighted by atomic mass is 10.1. The second-order valence-corrected chi connectivity index (χ2v) is 9.34. The maximum Gasteiger partial charge on any atom is 0.244 e. The third kappa shape index (κ3) is 6.16. The number of thiophene rings is 1. The van der Waals surface area contributed by atoms with Gasteiger partial charge in [-0.3, -0.25) is 19.8 Å². The van der Waals surface area contributed by atoms with E-state index in [1.807, 2.05) is 39.0 Å². The Morgan fingerprint density at radius 2 is 2.00 bits per heavy atom. The molecule has 1 saturated heterocycles. The van der Waals surface area contributed by atoms with E-state index < -0.39 is 12.4 Å². The van der Waals surface area contributed by atoms with E-state index >= 15 is 0 Å². The highest BCUT2D eigenvalue weighted by atomic mass is 32.1. The highest BCUT2D eigenvalue weighted by molar-refractivity contribution is 7.10. The molecule has 32 heavy (non-hydrogen) atoms. The van der Waals surface area contributed by atoms with Gasteiger partial charge in [-0.05, 0) is 48.4 Å². The molecule has 0 bridgehead atoms. The number of hydrogen-bond acceptors (Lipinski definition) is 5. The second kappa shape index (κ2) is 10.7. The zero-order chi connectivity index (χ0) is 23.3. The lowest BCUT2D eigenvalue weighted by Crippen LogP contribution is -2.43. The normalized spacial score (nSPS) is 19.4. The largest absolute Gasteiger partial charge is 0.361 e. The SMILES string of the molecule is CC=CC(=CC(C)C)NC(=O)CN1C(=O)C(Cc2cc(-c3ccc(C)cc3)cs2)NC1O. The predicted octanol–water partition coefficient (Wildman–Crippen LogP) is 3.57. The molecule has 6 nitrogen and oxygen atoms in total. The average molecular weight is 454 g/mol. The van der Waals surface area contributed by atoms with Gasteiger partial charge in [-0.2, -0.15) is 0 Å².